The molecule has 1 aromatic rings. The highest BCUT2D eigenvalue weighted by atomic mass is 16.6. The summed E-state index contributed by atoms with van der Waals surface area (Å²) in [7, 11) is 0. The number of hydrogen-bond donors (Lipinski definition) is 0. The molecule has 1 aliphatic carbocycles. The lowest BCUT2D eigenvalue weighted by Gasteiger charge is -2.37. The Morgan fingerprint density at radius 1 is 1.24 bits per heavy atom. The molecule has 0 atom stereocenters. The molecule has 0 N–H and O–H groups in total. The van der Waals surface area contributed by atoms with Crippen LogP contribution in [-0.4, -0.2) is 17.5 Å². The lowest BCUT2D eigenvalue weighted by atomic mass is 9.82. The van der Waals surface area contributed by atoms with Gasteiger partial charge in [0, 0.05) is 18.7 Å². The molecule has 0 amide bonds. The number of hydrogen-bond acceptors (Lipinski definition) is 3. The second-order valence-corrected chi connectivity index (χ2v) is 8.54. The fourth-order valence-electron chi connectivity index (χ4n) is 3.77. The SMILES string of the molecule is CCC(C)(C)c1ccc(N(CC(C)C)C2CCCCC2)c([N+](=O)[O-])c1. The van der Waals surface area contributed by atoms with Crippen molar-refractivity contribution in [1.29, 1.82) is 0 Å². The third-order valence-corrected chi connectivity index (χ3v) is 5.72. The molecule has 2 rings (SSSR count). The monoisotopic (exact) mass is 346 g/mol. The molecule has 0 spiro atoms. The van der Waals surface area contributed by atoms with E-state index in [0.29, 0.717) is 12.0 Å². The summed E-state index contributed by atoms with van der Waals surface area (Å²) in [6.45, 7) is 11.7. The molecule has 0 unspecified atom stereocenters. The molecule has 1 aromatic carbocycles. The van der Waals surface area contributed by atoms with Crippen LogP contribution in [0.4, 0.5) is 11.4 Å². The molecule has 1 saturated carbocycles. The average molecular weight is 347 g/mol. The molecule has 4 nitrogen and oxygen atoms in total. The van der Waals surface area contributed by atoms with Gasteiger partial charge in [-0.05, 0) is 42.2 Å². The van der Waals surface area contributed by atoms with Crippen LogP contribution in [0.3, 0.4) is 0 Å². The van der Waals surface area contributed by atoms with Gasteiger partial charge in [-0.2, -0.15) is 0 Å². The summed E-state index contributed by atoms with van der Waals surface area (Å²) < 4.78 is 0. The van der Waals surface area contributed by atoms with Crippen LogP contribution in [-0.2, 0) is 5.41 Å². The van der Waals surface area contributed by atoms with Gasteiger partial charge in [0.25, 0.3) is 5.69 Å². The van der Waals surface area contributed by atoms with Crippen molar-refractivity contribution in [3.8, 4) is 0 Å². The molecular formula is C21H34N2O2. The van der Waals surface area contributed by atoms with Crippen LogP contribution in [0.1, 0.15) is 78.7 Å². The summed E-state index contributed by atoms with van der Waals surface area (Å²) in [6.07, 6.45) is 7.00. The van der Waals surface area contributed by atoms with Crippen molar-refractivity contribution in [1.82, 2.24) is 0 Å². The fourth-order valence-corrected chi connectivity index (χ4v) is 3.77. The topological polar surface area (TPSA) is 46.4 Å². The number of anilines is 1. The predicted molar refractivity (Wildman–Crippen MR) is 105 cm³/mol. The van der Waals surface area contributed by atoms with Gasteiger partial charge in [0.2, 0.25) is 0 Å². The van der Waals surface area contributed by atoms with Crippen molar-refractivity contribution in [2.24, 2.45) is 5.92 Å². The van der Waals surface area contributed by atoms with E-state index in [-0.39, 0.29) is 16.0 Å². The van der Waals surface area contributed by atoms with Crippen molar-refractivity contribution >= 4 is 11.4 Å². The molecule has 0 radical (unpaired) electrons. The maximum absolute atomic E-state index is 11.8. The molecule has 0 heterocycles. The van der Waals surface area contributed by atoms with Crippen LogP contribution < -0.4 is 4.90 Å². The Kier molecular flexibility index (Phi) is 6.47. The Morgan fingerprint density at radius 3 is 2.40 bits per heavy atom. The van der Waals surface area contributed by atoms with Crippen molar-refractivity contribution in [3.63, 3.8) is 0 Å². The van der Waals surface area contributed by atoms with E-state index in [2.05, 4.69) is 45.6 Å². The van der Waals surface area contributed by atoms with E-state index in [0.717, 1.165) is 37.1 Å². The zero-order valence-electron chi connectivity index (χ0n) is 16.5. The Morgan fingerprint density at radius 2 is 1.88 bits per heavy atom. The van der Waals surface area contributed by atoms with Crippen LogP contribution in [0, 0.1) is 16.0 Å². The summed E-state index contributed by atoms with van der Waals surface area (Å²) in [5.41, 5.74) is 2.09. The predicted octanol–water partition coefficient (Wildman–Crippen LogP) is 6.08. The molecule has 1 fully saturated rings. The summed E-state index contributed by atoms with van der Waals surface area (Å²) in [6, 6.07) is 6.35. The Labute approximate surface area is 152 Å². The second-order valence-electron chi connectivity index (χ2n) is 8.54. The molecule has 140 valence electrons. The molecule has 0 aliphatic heterocycles. The molecule has 1 aliphatic rings. The molecular weight excluding hydrogens is 312 g/mol. The van der Waals surface area contributed by atoms with E-state index in [9.17, 15) is 10.1 Å². The zero-order chi connectivity index (χ0) is 18.6. The van der Waals surface area contributed by atoms with Gasteiger partial charge in [-0.15, -0.1) is 0 Å². The quantitative estimate of drug-likeness (QED) is 0.444. The van der Waals surface area contributed by atoms with Crippen LogP contribution in [0.25, 0.3) is 0 Å². The fraction of sp³-hybridized carbons (Fsp3) is 0.714. The summed E-state index contributed by atoms with van der Waals surface area (Å²) in [5.74, 6) is 0.480. The van der Waals surface area contributed by atoms with E-state index < -0.39 is 0 Å². The first-order chi connectivity index (χ1) is 11.8. The maximum atomic E-state index is 11.8. The standard InChI is InChI=1S/C21H34N2O2/c1-6-21(4,5)17-12-13-19(20(14-17)23(24)25)22(15-16(2)3)18-10-8-7-9-11-18/h12-14,16,18H,6-11,15H2,1-5H3. The second kappa shape index (κ2) is 8.20. The molecule has 0 saturated heterocycles. The number of nitrogens with zero attached hydrogens (tertiary/aromatic N) is 2. The highest BCUT2D eigenvalue weighted by molar-refractivity contribution is 5.65. The largest absolute Gasteiger partial charge is 0.363 e. The van der Waals surface area contributed by atoms with Crippen molar-refractivity contribution < 1.29 is 4.92 Å². The van der Waals surface area contributed by atoms with Crippen LogP contribution in [0.5, 0.6) is 0 Å². The first-order valence-electron chi connectivity index (χ1n) is 9.81. The highest BCUT2D eigenvalue weighted by Crippen LogP contribution is 2.38. The van der Waals surface area contributed by atoms with Crippen LogP contribution in [0.15, 0.2) is 18.2 Å². The molecule has 4 heteroatoms. The van der Waals surface area contributed by atoms with Gasteiger partial charge in [-0.3, -0.25) is 10.1 Å². The van der Waals surface area contributed by atoms with Crippen LogP contribution >= 0.6 is 0 Å². The minimum Gasteiger partial charge on any atom is -0.363 e. The summed E-state index contributed by atoms with van der Waals surface area (Å²) in [5, 5.41) is 11.8. The minimum absolute atomic E-state index is 0.0446. The summed E-state index contributed by atoms with van der Waals surface area (Å²) in [4.78, 5) is 14.0. The van der Waals surface area contributed by atoms with Crippen LogP contribution in [0.2, 0.25) is 0 Å². The number of benzene rings is 1. The van der Waals surface area contributed by atoms with Gasteiger partial charge in [0.15, 0.2) is 0 Å². The highest BCUT2D eigenvalue weighted by Gasteiger charge is 2.29. The summed E-state index contributed by atoms with van der Waals surface area (Å²) >= 11 is 0. The zero-order valence-corrected chi connectivity index (χ0v) is 16.5. The molecule has 0 aromatic heterocycles. The molecule has 25 heavy (non-hydrogen) atoms. The van der Waals surface area contributed by atoms with Gasteiger partial charge in [-0.25, -0.2) is 0 Å². The lowest BCUT2D eigenvalue weighted by molar-refractivity contribution is -0.384. The van der Waals surface area contributed by atoms with Crippen molar-refractivity contribution in [2.45, 2.75) is 84.6 Å². The Balaban J connectivity index is 2.46. The van der Waals surface area contributed by atoms with Gasteiger partial charge < -0.3 is 4.90 Å². The number of nitro benzene ring substituents is 1. The van der Waals surface area contributed by atoms with E-state index in [1.165, 1.54) is 19.3 Å². The van der Waals surface area contributed by atoms with Gasteiger partial charge in [-0.1, -0.05) is 59.9 Å². The third kappa shape index (κ3) is 4.74. The third-order valence-electron chi connectivity index (χ3n) is 5.72. The first-order valence-corrected chi connectivity index (χ1v) is 9.81. The Bertz CT molecular complexity index is 590. The van der Waals surface area contributed by atoms with Gasteiger partial charge >= 0.3 is 0 Å². The van der Waals surface area contributed by atoms with Gasteiger partial charge in [0.05, 0.1) is 4.92 Å². The first kappa shape index (κ1) is 19.7. The molecule has 0 bridgehead atoms. The van der Waals surface area contributed by atoms with Crippen molar-refractivity contribution in [2.75, 3.05) is 11.4 Å². The van der Waals surface area contributed by atoms with Gasteiger partial charge in [0.1, 0.15) is 5.69 Å². The normalized spacial score (nSPS) is 16.2. The Hall–Kier alpha value is -1.58. The van der Waals surface area contributed by atoms with E-state index >= 15 is 0 Å². The van der Waals surface area contributed by atoms with E-state index in [4.69, 9.17) is 0 Å². The number of nitro groups is 1. The van der Waals surface area contributed by atoms with Crippen molar-refractivity contribution in [3.05, 3.63) is 33.9 Å². The average Bonchev–Trinajstić information content (AvgIpc) is 2.59. The maximum Gasteiger partial charge on any atom is 0.292 e. The smallest absolute Gasteiger partial charge is 0.292 e. The van der Waals surface area contributed by atoms with E-state index in [1.54, 1.807) is 0 Å². The minimum atomic E-state index is -0.194. The van der Waals surface area contributed by atoms with E-state index in [1.807, 2.05) is 12.1 Å². The lowest BCUT2D eigenvalue weighted by Crippen LogP contribution is -2.39. The number of rotatable bonds is 7.